The third kappa shape index (κ3) is 7.12. The summed E-state index contributed by atoms with van der Waals surface area (Å²) in [4.78, 5) is 11.9. The zero-order valence-electron chi connectivity index (χ0n) is 11.2. The van der Waals surface area contributed by atoms with Crippen LogP contribution in [0.4, 0.5) is 0 Å². The predicted molar refractivity (Wildman–Crippen MR) is 72.6 cm³/mol. The number of hydrogen-bond acceptors (Lipinski definition) is 3. The fourth-order valence-corrected chi connectivity index (χ4v) is 1.74. The van der Waals surface area contributed by atoms with Crippen LogP contribution >= 0.6 is 11.8 Å². The Balaban J connectivity index is 4.11. The van der Waals surface area contributed by atoms with Gasteiger partial charge < -0.3 is 11.1 Å². The molecule has 2 unspecified atom stereocenters. The smallest absolute Gasteiger partial charge is 0.224 e. The van der Waals surface area contributed by atoms with Gasteiger partial charge in [-0.2, -0.15) is 11.8 Å². The molecule has 0 radical (unpaired) electrons. The topological polar surface area (TPSA) is 55.1 Å². The monoisotopic (exact) mass is 246 g/mol. The van der Waals surface area contributed by atoms with Crippen LogP contribution in [-0.4, -0.2) is 30.5 Å². The van der Waals surface area contributed by atoms with E-state index in [2.05, 4.69) is 33.0 Å². The number of nitrogens with one attached hydrogen (secondary N) is 1. The van der Waals surface area contributed by atoms with Crippen molar-refractivity contribution in [3.05, 3.63) is 0 Å². The predicted octanol–water partition coefficient (Wildman–Crippen LogP) is 1.87. The summed E-state index contributed by atoms with van der Waals surface area (Å²) >= 11 is 1.75. The van der Waals surface area contributed by atoms with Gasteiger partial charge in [0.05, 0.1) is 5.92 Å². The molecule has 0 rings (SSSR count). The molecule has 0 aliphatic heterocycles. The second-order valence-electron chi connectivity index (χ2n) is 5.49. The van der Waals surface area contributed by atoms with Crippen molar-refractivity contribution in [3.63, 3.8) is 0 Å². The summed E-state index contributed by atoms with van der Waals surface area (Å²) in [6.07, 6.45) is 2.88. The Labute approximate surface area is 104 Å². The highest BCUT2D eigenvalue weighted by Crippen LogP contribution is 2.24. The molecule has 16 heavy (non-hydrogen) atoms. The number of carbonyl (C=O) groups excluding carboxylic acids is 1. The number of rotatable bonds is 6. The van der Waals surface area contributed by atoms with Gasteiger partial charge in [-0.05, 0) is 18.1 Å². The van der Waals surface area contributed by atoms with Gasteiger partial charge in [-0.3, -0.25) is 4.79 Å². The number of nitrogens with two attached hydrogens (primary N) is 1. The summed E-state index contributed by atoms with van der Waals surface area (Å²) in [5, 5.41) is 3.42. The fraction of sp³-hybridized carbons (Fsp3) is 0.917. The molecule has 0 heterocycles. The molecule has 0 aromatic rings. The molecule has 0 spiro atoms. The minimum atomic E-state index is -0.0611. The molecule has 0 fully saturated rings. The first kappa shape index (κ1) is 15.8. The van der Waals surface area contributed by atoms with Crippen LogP contribution in [0.3, 0.4) is 0 Å². The van der Waals surface area contributed by atoms with Crippen LogP contribution in [-0.2, 0) is 4.79 Å². The summed E-state index contributed by atoms with van der Waals surface area (Å²) in [5.41, 5.74) is 5.80. The minimum absolute atomic E-state index is 0.0611. The maximum atomic E-state index is 11.9. The van der Waals surface area contributed by atoms with Crippen LogP contribution in [0.5, 0.6) is 0 Å². The van der Waals surface area contributed by atoms with Crippen LogP contribution < -0.4 is 11.1 Å². The molecule has 3 nitrogen and oxygen atoms in total. The summed E-state index contributed by atoms with van der Waals surface area (Å²) < 4.78 is 0. The SMILES string of the molecule is CSC(C)CNC(=O)C(CN)CC(C)(C)C. The molecule has 2 atom stereocenters. The van der Waals surface area contributed by atoms with Gasteiger partial charge in [-0.25, -0.2) is 0 Å². The zero-order valence-corrected chi connectivity index (χ0v) is 12.0. The van der Waals surface area contributed by atoms with E-state index in [0.29, 0.717) is 11.8 Å². The van der Waals surface area contributed by atoms with E-state index in [1.54, 1.807) is 11.8 Å². The van der Waals surface area contributed by atoms with Crippen molar-refractivity contribution in [2.24, 2.45) is 17.1 Å². The Hall–Kier alpha value is -0.220. The van der Waals surface area contributed by atoms with E-state index in [9.17, 15) is 4.79 Å². The van der Waals surface area contributed by atoms with Gasteiger partial charge in [0.15, 0.2) is 0 Å². The van der Waals surface area contributed by atoms with Crippen molar-refractivity contribution in [2.75, 3.05) is 19.3 Å². The summed E-state index contributed by atoms with van der Waals surface area (Å²) in [7, 11) is 0. The van der Waals surface area contributed by atoms with Crippen molar-refractivity contribution < 1.29 is 4.79 Å². The maximum absolute atomic E-state index is 11.9. The quantitative estimate of drug-likeness (QED) is 0.752. The van der Waals surface area contributed by atoms with Crippen molar-refractivity contribution >= 4 is 17.7 Å². The lowest BCUT2D eigenvalue weighted by Gasteiger charge is -2.24. The molecule has 0 saturated heterocycles. The van der Waals surface area contributed by atoms with Crippen LogP contribution in [0, 0.1) is 11.3 Å². The average molecular weight is 246 g/mol. The van der Waals surface area contributed by atoms with Gasteiger partial charge in [0.25, 0.3) is 0 Å². The molecule has 0 aliphatic carbocycles. The van der Waals surface area contributed by atoms with Gasteiger partial charge in [-0.1, -0.05) is 27.7 Å². The number of thioether (sulfide) groups is 1. The summed E-state index contributed by atoms with van der Waals surface area (Å²) in [5.74, 6) is 0.0346. The second-order valence-corrected chi connectivity index (χ2v) is 6.77. The largest absolute Gasteiger partial charge is 0.355 e. The van der Waals surface area contributed by atoms with E-state index < -0.39 is 0 Å². The standard InChI is InChI=1S/C12H26N2OS/c1-9(16-5)8-14-11(15)10(7-13)6-12(2,3)4/h9-10H,6-8,13H2,1-5H3,(H,14,15). The van der Waals surface area contributed by atoms with Crippen molar-refractivity contribution in [1.29, 1.82) is 0 Å². The molecule has 0 aliphatic rings. The van der Waals surface area contributed by atoms with E-state index >= 15 is 0 Å². The first-order valence-electron chi connectivity index (χ1n) is 5.80. The van der Waals surface area contributed by atoms with E-state index in [4.69, 9.17) is 5.73 Å². The average Bonchev–Trinajstić information content (AvgIpc) is 2.20. The maximum Gasteiger partial charge on any atom is 0.224 e. The van der Waals surface area contributed by atoms with E-state index in [0.717, 1.165) is 13.0 Å². The Morgan fingerprint density at radius 1 is 1.44 bits per heavy atom. The van der Waals surface area contributed by atoms with Gasteiger partial charge in [0, 0.05) is 18.3 Å². The van der Waals surface area contributed by atoms with Crippen LogP contribution in [0.25, 0.3) is 0 Å². The molecule has 0 saturated carbocycles. The van der Waals surface area contributed by atoms with E-state index in [-0.39, 0.29) is 17.2 Å². The first-order chi connectivity index (χ1) is 7.30. The van der Waals surface area contributed by atoms with E-state index in [1.807, 2.05) is 6.26 Å². The van der Waals surface area contributed by atoms with Crippen LogP contribution in [0.2, 0.25) is 0 Å². The molecule has 3 N–H and O–H groups in total. The Bertz CT molecular complexity index is 214. The van der Waals surface area contributed by atoms with Crippen molar-refractivity contribution in [2.45, 2.75) is 39.4 Å². The third-order valence-electron chi connectivity index (χ3n) is 2.48. The first-order valence-corrected chi connectivity index (χ1v) is 7.09. The Morgan fingerprint density at radius 2 is 2.00 bits per heavy atom. The molecule has 1 amide bonds. The summed E-state index contributed by atoms with van der Waals surface area (Å²) in [6.45, 7) is 9.65. The molecule has 96 valence electrons. The minimum Gasteiger partial charge on any atom is -0.355 e. The Kier molecular flexibility index (Phi) is 7.07. The van der Waals surface area contributed by atoms with Crippen LogP contribution in [0.15, 0.2) is 0 Å². The molecule has 0 bridgehead atoms. The van der Waals surface area contributed by atoms with E-state index in [1.165, 1.54) is 0 Å². The highest BCUT2D eigenvalue weighted by molar-refractivity contribution is 7.99. The number of carbonyl (C=O) groups is 1. The number of hydrogen-bond donors (Lipinski definition) is 2. The van der Waals surface area contributed by atoms with Gasteiger partial charge in [0.2, 0.25) is 5.91 Å². The highest BCUT2D eigenvalue weighted by Gasteiger charge is 2.23. The van der Waals surface area contributed by atoms with Crippen molar-refractivity contribution in [3.8, 4) is 0 Å². The van der Waals surface area contributed by atoms with Crippen LogP contribution in [0.1, 0.15) is 34.1 Å². The lowest BCUT2D eigenvalue weighted by atomic mass is 9.84. The normalized spacial score (nSPS) is 15.6. The molecule has 0 aromatic heterocycles. The number of amides is 1. The van der Waals surface area contributed by atoms with Gasteiger partial charge >= 0.3 is 0 Å². The molecular weight excluding hydrogens is 220 g/mol. The van der Waals surface area contributed by atoms with Gasteiger partial charge in [-0.15, -0.1) is 0 Å². The molecule has 0 aromatic carbocycles. The van der Waals surface area contributed by atoms with Gasteiger partial charge in [0.1, 0.15) is 0 Å². The Morgan fingerprint density at radius 3 is 2.38 bits per heavy atom. The van der Waals surface area contributed by atoms with Crippen molar-refractivity contribution in [1.82, 2.24) is 5.32 Å². The zero-order chi connectivity index (χ0) is 12.8. The second kappa shape index (κ2) is 7.17. The molecule has 4 heteroatoms. The highest BCUT2D eigenvalue weighted by atomic mass is 32.2. The summed E-state index contributed by atoms with van der Waals surface area (Å²) in [6, 6.07) is 0. The third-order valence-corrected chi connectivity index (χ3v) is 3.45. The molecular formula is C12H26N2OS. The fourth-order valence-electron chi connectivity index (χ4n) is 1.49. The lowest BCUT2D eigenvalue weighted by Crippen LogP contribution is -2.39. The lowest BCUT2D eigenvalue weighted by molar-refractivity contribution is -0.125.